The molecule has 1 amide bonds. The summed E-state index contributed by atoms with van der Waals surface area (Å²) in [6.07, 6.45) is -3.25. The molecule has 0 bridgehead atoms. The van der Waals surface area contributed by atoms with Crippen molar-refractivity contribution in [2.75, 3.05) is 26.8 Å². The molecule has 0 aliphatic carbocycles. The van der Waals surface area contributed by atoms with Crippen LogP contribution < -0.4 is 0 Å². The van der Waals surface area contributed by atoms with Crippen molar-refractivity contribution in [2.24, 2.45) is 0 Å². The molecule has 2 aliphatic rings. The summed E-state index contributed by atoms with van der Waals surface area (Å²) < 4.78 is 70.5. The van der Waals surface area contributed by atoms with Crippen molar-refractivity contribution in [3.63, 3.8) is 0 Å². The van der Waals surface area contributed by atoms with Gasteiger partial charge in [0.05, 0.1) is 11.5 Å². The van der Waals surface area contributed by atoms with Crippen molar-refractivity contribution in [1.82, 2.24) is 9.21 Å². The summed E-state index contributed by atoms with van der Waals surface area (Å²) >= 11 is 0. The smallest absolute Gasteiger partial charge is 0.383 e. The van der Waals surface area contributed by atoms with Gasteiger partial charge in [0.25, 0.3) is 0 Å². The van der Waals surface area contributed by atoms with E-state index in [-0.39, 0.29) is 37.1 Å². The number of fused-ring (bicyclic) bond motifs is 1. The second kappa shape index (κ2) is 7.40. The molecule has 0 N–H and O–H groups in total. The van der Waals surface area contributed by atoms with E-state index in [1.807, 2.05) is 0 Å². The van der Waals surface area contributed by atoms with Crippen LogP contribution in [0, 0.1) is 0 Å². The second-order valence-corrected chi connectivity index (χ2v) is 8.66. The summed E-state index contributed by atoms with van der Waals surface area (Å²) in [6, 6.07) is 4.25. The minimum Gasteiger partial charge on any atom is -0.383 e. The molecule has 0 spiro atoms. The minimum atomic E-state index is -4.94. The molecule has 1 aromatic rings. The molecule has 27 heavy (non-hydrogen) atoms. The predicted molar refractivity (Wildman–Crippen MR) is 90.4 cm³/mol. The van der Waals surface area contributed by atoms with Crippen LogP contribution in [0.2, 0.25) is 0 Å². The molecule has 150 valence electrons. The lowest BCUT2D eigenvalue weighted by molar-refractivity contribution is -0.186. The molecule has 1 aromatic carbocycles. The second-order valence-electron chi connectivity index (χ2n) is 6.77. The van der Waals surface area contributed by atoms with Crippen LogP contribution in [0.1, 0.15) is 24.0 Å². The molecule has 1 saturated heterocycles. The van der Waals surface area contributed by atoms with Gasteiger partial charge < -0.3 is 9.64 Å². The summed E-state index contributed by atoms with van der Waals surface area (Å²) in [6.45, 7) is 0.377. The Morgan fingerprint density at radius 2 is 2.00 bits per heavy atom. The van der Waals surface area contributed by atoms with Gasteiger partial charge in [0.15, 0.2) is 0 Å². The van der Waals surface area contributed by atoms with Gasteiger partial charge in [-0.1, -0.05) is 6.07 Å². The lowest BCUT2D eigenvalue weighted by Crippen LogP contribution is -2.43. The van der Waals surface area contributed by atoms with Crippen molar-refractivity contribution in [1.29, 1.82) is 0 Å². The van der Waals surface area contributed by atoms with Crippen LogP contribution in [-0.4, -0.2) is 62.6 Å². The van der Waals surface area contributed by atoms with Gasteiger partial charge in [-0.3, -0.25) is 4.79 Å². The van der Waals surface area contributed by atoms with Crippen LogP contribution in [0.4, 0.5) is 13.2 Å². The lowest BCUT2D eigenvalue weighted by atomic mass is 10.00. The minimum absolute atomic E-state index is 0.0329. The number of methoxy groups -OCH3 is 1. The topological polar surface area (TPSA) is 66.9 Å². The van der Waals surface area contributed by atoms with Gasteiger partial charge in [0, 0.05) is 32.8 Å². The Bertz CT molecular complexity index is 826. The van der Waals surface area contributed by atoms with Crippen LogP contribution in [0.25, 0.3) is 0 Å². The first-order valence-corrected chi connectivity index (χ1v) is 10.1. The van der Waals surface area contributed by atoms with E-state index in [0.29, 0.717) is 23.4 Å². The number of alkyl halides is 3. The Balaban J connectivity index is 1.87. The molecule has 1 fully saturated rings. The van der Waals surface area contributed by atoms with E-state index in [1.54, 1.807) is 6.07 Å². The molecule has 6 nitrogen and oxygen atoms in total. The molecule has 1 atom stereocenters. The summed E-state index contributed by atoms with van der Waals surface area (Å²) in [5.74, 6) is -1.90. The number of amides is 1. The fourth-order valence-electron chi connectivity index (χ4n) is 3.67. The van der Waals surface area contributed by atoms with Crippen LogP contribution in [0.15, 0.2) is 23.1 Å². The third-order valence-electron chi connectivity index (χ3n) is 5.01. The number of sulfonamides is 1. The van der Waals surface area contributed by atoms with Gasteiger partial charge in [-0.15, -0.1) is 0 Å². The first-order chi connectivity index (χ1) is 12.6. The number of hydrogen-bond acceptors (Lipinski definition) is 4. The van der Waals surface area contributed by atoms with Crippen LogP contribution >= 0.6 is 0 Å². The van der Waals surface area contributed by atoms with Crippen LogP contribution in [0.3, 0.4) is 0 Å². The van der Waals surface area contributed by atoms with Crippen LogP contribution in [-0.2, 0) is 32.5 Å². The molecule has 3 rings (SSSR count). The van der Waals surface area contributed by atoms with Gasteiger partial charge in [-0.05, 0) is 42.5 Å². The monoisotopic (exact) mass is 406 g/mol. The van der Waals surface area contributed by atoms with Crippen molar-refractivity contribution in [2.45, 2.75) is 42.9 Å². The zero-order valence-corrected chi connectivity index (χ0v) is 15.6. The highest BCUT2D eigenvalue weighted by molar-refractivity contribution is 7.89. The van der Waals surface area contributed by atoms with Gasteiger partial charge in [-0.25, -0.2) is 8.42 Å². The van der Waals surface area contributed by atoms with E-state index in [9.17, 15) is 26.4 Å². The van der Waals surface area contributed by atoms with Crippen molar-refractivity contribution < 1.29 is 31.1 Å². The molecule has 2 heterocycles. The predicted octanol–water partition coefficient (Wildman–Crippen LogP) is 1.93. The number of ether oxygens (including phenoxy) is 1. The number of hydrogen-bond donors (Lipinski definition) is 0. The molecule has 0 saturated carbocycles. The summed E-state index contributed by atoms with van der Waals surface area (Å²) in [5, 5.41) is 0. The average Bonchev–Trinajstić information content (AvgIpc) is 3.09. The van der Waals surface area contributed by atoms with E-state index >= 15 is 0 Å². The molecule has 0 aromatic heterocycles. The van der Waals surface area contributed by atoms with E-state index < -0.39 is 22.1 Å². The fraction of sp³-hybridized carbons (Fsp3) is 0.588. The molecular formula is C17H21F3N2O4S. The maximum atomic E-state index is 13.0. The largest absolute Gasteiger partial charge is 0.471 e. The molecule has 1 unspecified atom stereocenters. The Hall–Kier alpha value is -1.65. The third-order valence-corrected chi connectivity index (χ3v) is 6.96. The highest BCUT2D eigenvalue weighted by Crippen LogP contribution is 2.30. The average molecular weight is 406 g/mol. The zero-order chi connectivity index (χ0) is 19.8. The van der Waals surface area contributed by atoms with E-state index in [1.165, 1.54) is 23.5 Å². The summed E-state index contributed by atoms with van der Waals surface area (Å²) in [4.78, 5) is 12.2. The molecule has 2 aliphatic heterocycles. The molecule has 0 radical (unpaired) electrons. The standard InChI is InChI=1S/C17H21F3N2O4S/c1-26-11-14-3-2-7-22(14)27(24,25)15-5-4-12-6-8-21(10-13(12)9-15)16(23)17(18,19)20/h4-5,9,14H,2-3,6-8,10-11H2,1H3. The Morgan fingerprint density at radius 3 is 2.67 bits per heavy atom. The fourth-order valence-corrected chi connectivity index (χ4v) is 5.40. The number of carbonyl (C=O) groups is 1. The number of carbonyl (C=O) groups excluding carboxylic acids is 1. The quantitative estimate of drug-likeness (QED) is 0.767. The van der Waals surface area contributed by atoms with Gasteiger partial charge in [0.1, 0.15) is 0 Å². The zero-order valence-electron chi connectivity index (χ0n) is 14.8. The Morgan fingerprint density at radius 1 is 1.26 bits per heavy atom. The normalized spacial score (nSPS) is 21.3. The molecule has 10 heteroatoms. The summed E-state index contributed by atoms with van der Waals surface area (Å²) in [7, 11) is -2.27. The van der Waals surface area contributed by atoms with Crippen molar-refractivity contribution in [3.05, 3.63) is 29.3 Å². The first-order valence-electron chi connectivity index (χ1n) is 8.63. The van der Waals surface area contributed by atoms with E-state index in [2.05, 4.69) is 0 Å². The number of halogens is 3. The maximum Gasteiger partial charge on any atom is 0.471 e. The number of benzene rings is 1. The van der Waals surface area contributed by atoms with Gasteiger partial charge in [0.2, 0.25) is 10.0 Å². The maximum absolute atomic E-state index is 13.0. The highest BCUT2D eigenvalue weighted by atomic mass is 32.2. The highest BCUT2D eigenvalue weighted by Gasteiger charge is 2.43. The number of rotatable bonds is 4. The van der Waals surface area contributed by atoms with Gasteiger partial charge in [-0.2, -0.15) is 17.5 Å². The van der Waals surface area contributed by atoms with Gasteiger partial charge >= 0.3 is 12.1 Å². The van der Waals surface area contributed by atoms with E-state index in [4.69, 9.17) is 4.74 Å². The molecular weight excluding hydrogens is 385 g/mol. The Labute approximate surface area is 155 Å². The first kappa shape index (κ1) is 20.1. The van der Waals surface area contributed by atoms with Crippen molar-refractivity contribution >= 4 is 15.9 Å². The number of nitrogens with zero attached hydrogens (tertiary/aromatic N) is 2. The Kier molecular flexibility index (Phi) is 5.51. The summed E-state index contributed by atoms with van der Waals surface area (Å²) in [5.41, 5.74) is 1.19. The third kappa shape index (κ3) is 3.97. The van der Waals surface area contributed by atoms with Crippen molar-refractivity contribution in [3.8, 4) is 0 Å². The lowest BCUT2D eigenvalue weighted by Gasteiger charge is -2.30. The van der Waals surface area contributed by atoms with Crippen LogP contribution in [0.5, 0.6) is 0 Å². The van der Waals surface area contributed by atoms with E-state index in [0.717, 1.165) is 12.0 Å². The SMILES string of the molecule is COCC1CCCN1S(=O)(=O)c1ccc2c(c1)CN(C(=O)C(F)(F)F)CC2.